The molecule has 1 atom stereocenters. The molecule has 2 rings (SSSR count). The van der Waals surface area contributed by atoms with Crippen LogP contribution in [0.15, 0.2) is 18.2 Å². The standard InChI is InChI=1S/C14H19NO3S2/c1-10-5-11(2)7-12(6-10)15-14(16)8-19-13-3-4-20(17,18)9-13/h5-7,13H,3-4,8-9H2,1-2H3,(H,15,16). The van der Waals surface area contributed by atoms with Gasteiger partial charge in [-0.3, -0.25) is 4.79 Å². The maximum atomic E-state index is 11.9. The predicted molar refractivity (Wildman–Crippen MR) is 84.1 cm³/mol. The second-order valence-electron chi connectivity index (χ2n) is 5.26. The van der Waals surface area contributed by atoms with Gasteiger partial charge in [0.05, 0.1) is 17.3 Å². The molecule has 1 saturated heterocycles. The lowest BCUT2D eigenvalue weighted by atomic mass is 10.1. The highest BCUT2D eigenvalue weighted by atomic mass is 32.2. The summed E-state index contributed by atoms with van der Waals surface area (Å²) in [6, 6.07) is 5.90. The summed E-state index contributed by atoms with van der Waals surface area (Å²) in [5, 5.41) is 2.92. The highest BCUT2D eigenvalue weighted by Gasteiger charge is 2.28. The molecule has 1 aliphatic heterocycles. The molecular formula is C14H19NO3S2. The summed E-state index contributed by atoms with van der Waals surface area (Å²) in [4.78, 5) is 11.9. The number of thioether (sulfide) groups is 1. The summed E-state index contributed by atoms with van der Waals surface area (Å²) in [5.74, 6) is 0.676. The van der Waals surface area contributed by atoms with Crippen LogP contribution in [0.2, 0.25) is 0 Å². The van der Waals surface area contributed by atoms with Crippen molar-refractivity contribution in [3.8, 4) is 0 Å². The largest absolute Gasteiger partial charge is 0.325 e. The van der Waals surface area contributed by atoms with Crippen LogP contribution >= 0.6 is 11.8 Å². The monoisotopic (exact) mass is 313 g/mol. The van der Waals surface area contributed by atoms with Gasteiger partial charge in [-0.15, -0.1) is 11.8 Å². The van der Waals surface area contributed by atoms with Gasteiger partial charge in [0.15, 0.2) is 9.84 Å². The van der Waals surface area contributed by atoms with E-state index in [-0.39, 0.29) is 22.7 Å². The Morgan fingerprint density at radius 2 is 1.95 bits per heavy atom. The van der Waals surface area contributed by atoms with Crippen molar-refractivity contribution >= 4 is 33.2 Å². The van der Waals surface area contributed by atoms with Gasteiger partial charge in [0.2, 0.25) is 5.91 Å². The predicted octanol–water partition coefficient (Wildman–Crippen LogP) is 2.16. The van der Waals surface area contributed by atoms with Crippen LogP contribution in [0, 0.1) is 13.8 Å². The Bertz CT molecular complexity index is 591. The van der Waals surface area contributed by atoms with Crippen LogP contribution in [0.3, 0.4) is 0 Å². The van der Waals surface area contributed by atoms with Crippen LogP contribution in [0.5, 0.6) is 0 Å². The number of hydrogen-bond donors (Lipinski definition) is 1. The summed E-state index contributed by atoms with van der Waals surface area (Å²) < 4.78 is 22.7. The van der Waals surface area contributed by atoms with E-state index in [2.05, 4.69) is 5.32 Å². The van der Waals surface area contributed by atoms with Crippen molar-refractivity contribution in [1.82, 2.24) is 0 Å². The van der Waals surface area contributed by atoms with Crippen LogP contribution < -0.4 is 5.32 Å². The molecule has 1 aromatic rings. The van der Waals surface area contributed by atoms with E-state index in [1.54, 1.807) is 0 Å². The summed E-state index contributed by atoms with van der Waals surface area (Å²) in [7, 11) is -2.87. The van der Waals surface area contributed by atoms with Crippen LogP contribution in [-0.2, 0) is 14.6 Å². The van der Waals surface area contributed by atoms with E-state index in [0.717, 1.165) is 16.8 Å². The van der Waals surface area contributed by atoms with Crippen molar-refractivity contribution in [2.24, 2.45) is 0 Å². The van der Waals surface area contributed by atoms with Gasteiger partial charge in [-0.1, -0.05) is 6.07 Å². The fraction of sp³-hybridized carbons (Fsp3) is 0.500. The summed E-state index contributed by atoms with van der Waals surface area (Å²) in [6.45, 7) is 3.97. The molecule has 1 aromatic carbocycles. The Hall–Kier alpha value is -1.01. The van der Waals surface area contributed by atoms with Gasteiger partial charge >= 0.3 is 0 Å². The minimum absolute atomic E-state index is 0.0602. The number of carbonyl (C=O) groups is 1. The zero-order chi connectivity index (χ0) is 14.8. The molecule has 0 aromatic heterocycles. The average molecular weight is 313 g/mol. The van der Waals surface area contributed by atoms with Crippen molar-refractivity contribution in [3.63, 3.8) is 0 Å². The van der Waals surface area contributed by atoms with E-state index < -0.39 is 9.84 Å². The van der Waals surface area contributed by atoms with Gasteiger partial charge < -0.3 is 5.32 Å². The highest BCUT2D eigenvalue weighted by molar-refractivity contribution is 8.02. The van der Waals surface area contributed by atoms with Gasteiger partial charge in [-0.2, -0.15) is 0 Å². The third kappa shape index (κ3) is 4.52. The van der Waals surface area contributed by atoms with Crippen LogP contribution in [0.25, 0.3) is 0 Å². The summed E-state index contributed by atoms with van der Waals surface area (Å²) >= 11 is 1.43. The Morgan fingerprint density at radius 3 is 2.50 bits per heavy atom. The number of sulfone groups is 1. The van der Waals surface area contributed by atoms with E-state index in [4.69, 9.17) is 0 Å². The molecule has 20 heavy (non-hydrogen) atoms. The minimum atomic E-state index is -2.87. The zero-order valence-electron chi connectivity index (χ0n) is 11.7. The smallest absolute Gasteiger partial charge is 0.234 e. The molecule has 0 aliphatic carbocycles. The van der Waals surface area contributed by atoms with Crippen molar-refractivity contribution in [3.05, 3.63) is 29.3 Å². The molecule has 0 saturated carbocycles. The average Bonchev–Trinajstić information content (AvgIpc) is 2.65. The Kier molecular flexibility index (Phi) is 4.75. The molecule has 0 spiro atoms. The zero-order valence-corrected chi connectivity index (χ0v) is 13.3. The highest BCUT2D eigenvalue weighted by Crippen LogP contribution is 2.24. The minimum Gasteiger partial charge on any atom is -0.325 e. The summed E-state index contributed by atoms with van der Waals surface area (Å²) in [5.41, 5.74) is 3.01. The van der Waals surface area contributed by atoms with Crippen LogP contribution in [0.4, 0.5) is 5.69 Å². The fourth-order valence-electron chi connectivity index (χ4n) is 2.33. The first-order valence-electron chi connectivity index (χ1n) is 6.54. The molecule has 1 fully saturated rings. The molecule has 0 radical (unpaired) electrons. The fourth-order valence-corrected chi connectivity index (χ4v) is 5.77. The van der Waals surface area contributed by atoms with E-state index in [9.17, 15) is 13.2 Å². The molecule has 4 nitrogen and oxygen atoms in total. The summed E-state index contributed by atoms with van der Waals surface area (Å²) in [6.07, 6.45) is 0.657. The van der Waals surface area contributed by atoms with Gasteiger partial charge in [-0.05, 0) is 43.5 Å². The van der Waals surface area contributed by atoms with Gasteiger partial charge in [0.1, 0.15) is 0 Å². The second-order valence-corrected chi connectivity index (χ2v) is 8.78. The molecular weight excluding hydrogens is 294 g/mol. The lowest BCUT2D eigenvalue weighted by Crippen LogP contribution is -2.17. The Morgan fingerprint density at radius 1 is 1.30 bits per heavy atom. The van der Waals surface area contributed by atoms with Gasteiger partial charge in [0, 0.05) is 10.9 Å². The van der Waals surface area contributed by atoms with Crippen molar-refractivity contribution in [2.75, 3.05) is 22.6 Å². The number of benzene rings is 1. The number of rotatable bonds is 4. The first kappa shape index (κ1) is 15.4. The topological polar surface area (TPSA) is 63.2 Å². The van der Waals surface area contributed by atoms with Crippen LogP contribution in [-0.4, -0.2) is 36.8 Å². The molecule has 1 heterocycles. The Labute approximate surface area is 124 Å². The van der Waals surface area contributed by atoms with Crippen LogP contribution in [0.1, 0.15) is 17.5 Å². The number of nitrogens with one attached hydrogen (secondary N) is 1. The first-order valence-corrected chi connectivity index (χ1v) is 9.41. The van der Waals surface area contributed by atoms with Crippen molar-refractivity contribution in [2.45, 2.75) is 25.5 Å². The maximum Gasteiger partial charge on any atom is 0.234 e. The van der Waals surface area contributed by atoms with E-state index in [1.165, 1.54) is 11.8 Å². The SMILES string of the molecule is Cc1cc(C)cc(NC(=O)CSC2CCS(=O)(=O)C2)c1. The number of aryl methyl sites for hydroxylation is 2. The molecule has 1 aliphatic rings. The van der Waals surface area contributed by atoms with Crippen molar-refractivity contribution in [1.29, 1.82) is 0 Å². The normalized spacial score (nSPS) is 20.8. The quantitative estimate of drug-likeness (QED) is 0.925. The maximum absolute atomic E-state index is 11.9. The second kappa shape index (κ2) is 6.18. The molecule has 1 unspecified atom stereocenters. The number of amides is 1. The lowest BCUT2D eigenvalue weighted by molar-refractivity contribution is -0.113. The van der Waals surface area contributed by atoms with E-state index in [0.29, 0.717) is 12.2 Å². The number of carbonyl (C=O) groups excluding carboxylic acids is 1. The van der Waals surface area contributed by atoms with Crippen molar-refractivity contribution < 1.29 is 13.2 Å². The number of anilines is 1. The van der Waals surface area contributed by atoms with E-state index in [1.807, 2.05) is 32.0 Å². The lowest BCUT2D eigenvalue weighted by Gasteiger charge is -2.09. The molecule has 1 amide bonds. The molecule has 110 valence electrons. The Balaban J connectivity index is 1.84. The van der Waals surface area contributed by atoms with Gasteiger partial charge in [-0.25, -0.2) is 8.42 Å². The van der Waals surface area contributed by atoms with Gasteiger partial charge in [0.25, 0.3) is 0 Å². The molecule has 0 bridgehead atoms. The molecule has 1 N–H and O–H groups in total. The first-order chi connectivity index (χ1) is 9.34. The third-order valence-corrected chi connectivity index (χ3v) is 6.43. The van der Waals surface area contributed by atoms with E-state index >= 15 is 0 Å². The number of hydrogen-bond acceptors (Lipinski definition) is 4. The molecule has 6 heteroatoms. The third-order valence-electron chi connectivity index (χ3n) is 3.15.